The van der Waals surface area contributed by atoms with Crippen molar-refractivity contribution >= 4 is 33.3 Å². The largest absolute Gasteiger partial charge is 0.477 e. The van der Waals surface area contributed by atoms with Gasteiger partial charge in [0.05, 0.1) is 12.0 Å². The molecule has 6 nitrogen and oxygen atoms in total. The number of carboxylic acid groups (broad SMARTS) is 1. The molecule has 2 aromatic rings. The van der Waals surface area contributed by atoms with Crippen molar-refractivity contribution in [2.45, 2.75) is 13.8 Å². The van der Waals surface area contributed by atoms with Crippen LogP contribution >= 0.6 is 11.3 Å². The summed E-state index contributed by atoms with van der Waals surface area (Å²) in [7, 11) is 1.81. The Hall–Kier alpha value is -1.73. The van der Waals surface area contributed by atoms with Gasteiger partial charge in [0, 0.05) is 13.6 Å². The van der Waals surface area contributed by atoms with Gasteiger partial charge < -0.3 is 15.1 Å². The van der Waals surface area contributed by atoms with E-state index in [2.05, 4.69) is 9.97 Å². The normalized spacial score (nSPS) is 10.9. The maximum Gasteiger partial charge on any atom is 0.346 e. The summed E-state index contributed by atoms with van der Waals surface area (Å²) >= 11 is 1.16. The van der Waals surface area contributed by atoms with Gasteiger partial charge in [-0.25, -0.2) is 14.8 Å². The number of carbonyl (C=O) groups is 1. The maximum absolute atomic E-state index is 11.2. The Labute approximate surface area is 114 Å². The van der Waals surface area contributed by atoms with Crippen LogP contribution in [0, 0.1) is 13.8 Å². The van der Waals surface area contributed by atoms with Crippen molar-refractivity contribution in [1.29, 1.82) is 0 Å². The Balaban J connectivity index is 2.72. The quantitative estimate of drug-likeness (QED) is 0.881. The second-order valence-electron chi connectivity index (χ2n) is 4.28. The zero-order chi connectivity index (χ0) is 14.2. The minimum absolute atomic E-state index is 0.00994. The predicted molar refractivity (Wildman–Crippen MR) is 74.2 cm³/mol. The van der Waals surface area contributed by atoms with Crippen LogP contribution in [0.4, 0.5) is 5.82 Å². The molecule has 2 heterocycles. The molecular formula is C12H15N3O3S. The van der Waals surface area contributed by atoms with E-state index in [9.17, 15) is 9.90 Å². The first-order chi connectivity index (χ1) is 8.95. The van der Waals surface area contributed by atoms with Gasteiger partial charge in [-0.3, -0.25) is 0 Å². The molecule has 102 valence electrons. The smallest absolute Gasteiger partial charge is 0.346 e. The summed E-state index contributed by atoms with van der Waals surface area (Å²) in [5, 5.41) is 19.0. The fourth-order valence-corrected chi connectivity index (χ4v) is 3.02. The van der Waals surface area contributed by atoms with Crippen LogP contribution in [0.15, 0.2) is 0 Å². The summed E-state index contributed by atoms with van der Waals surface area (Å²) < 4.78 is 0. The van der Waals surface area contributed by atoms with Crippen LogP contribution < -0.4 is 4.90 Å². The number of anilines is 1. The number of aliphatic hydroxyl groups is 1. The van der Waals surface area contributed by atoms with Crippen molar-refractivity contribution in [3.05, 3.63) is 16.3 Å². The monoisotopic (exact) mass is 281 g/mol. The molecule has 0 aliphatic rings. The lowest BCUT2D eigenvalue weighted by molar-refractivity contribution is 0.0701. The van der Waals surface area contributed by atoms with Crippen LogP contribution in [0.5, 0.6) is 0 Å². The van der Waals surface area contributed by atoms with E-state index in [0.717, 1.165) is 16.7 Å². The number of thiophene rings is 1. The van der Waals surface area contributed by atoms with Crippen molar-refractivity contribution in [3.63, 3.8) is 0 Å². The van der Waals surface area contributed by atoms with Gasteiger partial charge in [-0.1, -0.05) is 0 Å². The second kappa shape index (κ2) is 5.10. The Morgan fingerprint density at radius 3 is 2.63 bits per heavy atom. The molecule has 0 aliphatic heterocycles. The summed E-state index contributed by atoms with van der Waals surface area (Å²) in [4.78, 5) is 22.6. The molecule has 0 aliphatic carbocycles. The Bertz CT molecular complexity index is 639. The molecule has 0 saturated carbocycles. The molecule has 0 aromatic carbocycles. The van der Waals surface area contributed by atoms with Crippen molar-refractivity contribution in [2.75, 3.05) is 25.1 Å². The summed E-state index contributed by atoms with van der Waals surface area (Å²) in [5.41, 5.74) is 0.673. The first-order valence-corrected chi connectivity index (χ1v) is 6.60. The highest BCUT2D eigenvalue weighted by atomic mass is 32.1. The highest BCUT2D eigenvalue weighted by Gasteiger charge is 2.20. The molecule has 2 aromatic heterocycles. The van der Waals surface area contributed by atoms with Crippen molar-refractivity contribution in [1.82, 2.24) is 9.97 Å². The average molecular weight is 281 g/mol. The number of fused-ring (bicyclic) bond motifs is 1. The van der Waals surface area contributed by atoms with Crippen molar-refractivity contribution < 1.29 is 15.0 Å². The van der Waals surface area contributed by atoms with Gasteiger partial charge >= 0.3 is 5.97 Å². The van der Waals surface area contributed by atoms with E-state index in [1.807, 2.05) is 11.9 Å². The molecule has 0 saturated heterocycles. The number of hydrogen-bond acceptors (Lipinski definition) is 6. The van der Waals surface area contributed by atoms with Gasteiger partial charge in [0.15, 0.2) is 0 Å². The fraction of sp³-hybridized carbons (Fsp3) is 0.417. The van der Waals surface area contributed by atoms with Crippen LogP contribution in [0.2, 0.25) is 0 Å². The van der Waals surface area contributed by atoms with Crippen LogP contribution in [0.1, 0.15) is 21.1 Å². The minimum Gasteiger partial charge on any atom is -0.477 e. The molecule has 0 radical (unpaired) electrons. The third-order valence-corrected chi connectivity index (χ3v) is 4.05. The molecule has 0 fully saturated rings. The SMILES string of the molecule is Cc1nc(N(C)CCO)c2c(C)c(C(=O)O)sc2n1. The van der Waals surface area contributed by atoms with E-state index in [4.69, 9.17) is 5.11 Å². The van der Waals surface area contributed by atoms with Crippen molar-refractivity contribution in [2.24, 2.45) is 0 Å². The topological polar surface area (TPSA) is 86.5 Å². The number of likely N-dealkylation sites (N-methyl/N-ethyl adjacent to an activating group) is 1. The van der Waals surface area contributed by atoms with E-state index in [1.54, 1.807) is 13.8 Å². The molecule has 0 bridgehead atoms. The molecule has 19 heavy (non-hydrogen) atoms. The van der Waals surface area contributed by atoms with E-state index in [0.29, 0.717) is 28.6 Å². The van der Waals surface area contributed by atoms with E-state index in [-0.39, 0.29) is 11.5 Å². The number of aromatic nitrogens is 2. The third kappa shape index (κ3) is 2.39. The van der Waals surface area contributed by atoms with Gasteiger partial charge in [0.25, 0.3) is 0 Å². The molecule has 7 heteroatoms. The lowest BCUT2D eigenvalue weighted by Crippen LogP contribution is -2.23. The van der Waals surface area contributed by atoms with Crippen LogP contribution in [0.3, 0.4) is 0 Å². The summed E-state index contributed by atoms with van der Waals surface area (Å²) in [5.74, 6) is 0.303. The molecule has 2 rings (SSSR count). The van der Waals surface area contributed by atoms with E-state index >= 15 is 0 Å². The van der Waals surface area contributed by atoms with Crippen LogP contribution in [-0.2, 0) is 0 Å². The molecule has 0 atom stereocenters. The first-order valence-electron chi connectivity index (χ1n) is 5.78. The second-order valence-corrected chi connectivity index (χ2v) is 5.28. The Morgan fingerprint density at radius 1 is 1.37 bits per heavy atom. The maximum atomic E-state index is 11.2. The summed E-state index contributed by atoms with van der Waals surface area (Å²) in [6, 6.07) is 0. The summed E-state index contributed by atoms with van der Waals surface area (Å²) in [6.07, 6.45) is 0. The van der Waals surface area contributed by atoms with Gasteiger partial charge in [0.2, 0.25) is 0 Å². The zero-order valence-electron chi connectivity index (χ0n) is 11.0. The number of aryl methyl sites for hydroxylation is 2. The minimum atomic E-state index is -0.950. The van der Waals surface area contributed by atoms with Gasteiger partial charge in [-0.2, -0.15) is 0 Å². The molecular weight excluding hydrogens is 266 g/mol. The average Bonchev–Trinajstić information content (AvgIpc) is 2.66. The van der Waals surface area contributed by atoms with E-state index < -0.39 is 5.97 Å². The number of aromatic carboxylic acids is 1. The number of nitrogens with zero attached hydrogens (tertiary/aromatic N) is 3. The molecule has 0 spiro atoms. The fourth-order valence-electron chi connectivity index (χ4n) is 1.96. The molecule has 0 amide bonds. The lowest BCUT2D eigenvalue weighted by Gasteiger charge is -2.18. The highest BCUT2D eigenvalue weighted by molar-refractivity contribution is 7.20. The van der Waals surface area contributed by atoms with Gasteiger partial charge in [0.1, 0.15) is 21.3 Å². The van der Waals surface area contributed by atoms with Crippen LogP contribution in [0.25, 0.3) is 10.2 Å². The molecule has 0 unspecified atom stereocenters. The number of rotatable bonds is 4. The highest BCUT2D eigenvalue weighted by Crippen LogP contribution is 2.34. The number of hydrogen-bond donors (Lipinski definition) is 2. The van der Waals surface area contributed by atoms with Gasteiger partial charge in [-0.05, 0) is 19.4 Å². The zero-order valence-corrected chi connectivity index (χ0v) is 11.8. The first kappa shape index (κ1) is 13.7. The van der Waals surface area contributed by atoms with Crippen molar-refractivity contribution in [3.8, 4) is 0 Å². The number of aliphatic hydroxyl groups excluding tert-OH is 1. The van der Waals surface area contributed by atoms with Gasteiger partial charge in [-0.15, -0.1) is 11.3 Å². The molecule has 2 N–H and O–H groups in total. The third-order valence-electron chi connectivity index (χ3n) is 2.87. The van der Waals surface area contributed by atoms with Crippen LogP contribution in [-0.4, -0.2) is 46.3 Å². The Morgan fingerprint density at radius 2 is 2.05 bits per heavy atom. The number of carboxylic acids is 1. The summed E-state index contributed by atoms with van der Waals surface area (Å²) in [6.45, 7) is 3.97. The standard InChI is InChI=1S/C12H15N3O3S/c1-6-8-10(15(3)4-5-16)13-7(2)14-11(8)19-9(6)12(17)18/h16H,4-5H2,1-3H3,(H,17,18). The van der Waals surface area contributed by atoms with E-state index in [1.165, 1.54) is 0 Å². The lowest BCUT2D eigenvalue weighted by atomic mass is 10.2. The predicted octanol–water partition coefficient (Wildman–Crippen LogP) is 1.43. The Kier molecular flexibility index (Phi) is 3.68.